The summed E-state index contributed by atoms with van der Waals surface area (Å²) in [6.45, 7) is -0.234. The van der Waals surface area contributed by atoms with Crippen molar-refractivity contribution in [3.05, 3.63) is 26.3 Å². The van der Waals surface area contributed by atoms with Crippen molar-refractivity contribution in [2.75, 3.05) is 46.4 Å². The van der Waals surface area contributed by atoms with Crippen molar-refractivity contribution in [3.8, 4) is 0 Å². The molecule has 0 aliphatic carbocycles. The molecule has 0 aromatic rings. The lowest BCUT2D eigenvalue weighted by molar-refractivity contribution is -0.543. The maximum Gasteiger partial charge on any atom is 0.259 e. The molecule has 0 saturated carbocycles. The summed E-state index contributed by atoms with van der Waals surface area (Å²) in [6.07, 6.45) is -1.36. The van der Waals surface area contributed by atoms with Gasteiger partial charge in [-0.1, -0.05) is 0 Å². The lowest BCUT2D eigenvalue weighted by Crippen LogP contribution is -2.42. The summed E-state index contributed by atoms with van der Waals surface area (Å²) in [5.74, 6) is 0. The summed E-state index contributed by atoms with van der Waals surface area (Å²) in [4.78, 5) is 20.0. The summed E-state index contributed by atoms with van der Waals surface area (Å²) in [7, 11) is 0. The highest BCUT2D eigenvalue weighted by Gasteiger charge is 2.29. The standard InChI is InChI=1S/C11H17N2O10/c14-12(15)8-1-20-10(21-2-8)5-18-7-19-6-11-22-3-9(4-23-11)13(16)17/h8,10-11H,1-7H2/q-1. The second-order valence-electron chi connectivity index (χ2n) is 4.77. The first-order valence-corrected chi connectivity index (χ1v) is 6.80. The van der Waals surface area contributed by atoms with Gasteiger partial charge in [0.1, 0.15) is 33.2 Å². The zero-order valence-electron chi connectivity index (χ0n) is 12.2. The Labute approximate surface area is 130 Å². The summed E-state index contributed by atoms with van der Waals surface area (Å²) in [5.41, 5.74) is 0. The van der Waals surface area contributed by atoms with Crippen LogP contribution in [0.25, 0.3) is 0 Å². The van der Waals surface area contributed by atoms with Gasteiger partial charge in [0.2, 0.25) is 0 Å². The van der Waals surface area contributed by atoms with Gasteiger partial charge in [0, 0.05) is 24.2 Å². The molecule has 0 amide bonds. The second kappa shape index (κ2) is 8.90. The van der Waals surface area contributed by atoms with Gasteiger partial charge in [-0.3, -0.25) is 20.2 Å². The summed E-state index contributed by atoms with van der Waals surface area (Å²) in [6, 6.07) is -0.902. The molecule has 0 N–H and O–H groups in total. The summed E-state index contributed by atoms with van der Waals surface area (Å²) >= 11 is 0. The maximum absolute atomic E-state index is 10.5. The van der Waals surface area contributed by atoms with Gasteiger partial charge in [-0.2, -0.15) is 0 Å². The smallest absolute Gasteiger partial charge is 0.259 e. The predicted octanol–water partition coefficient (Wildman–Crippen LogP) is -0.823. The third-order valence-corrected chi connectivity index (χ3v) is 3.05. The van der Waals surface area contributed by atoms with Gasteiger partial charge in [-0.25, -0.2) is 0 Å². The molecule has 23 heavy (non-hydrogen) atoms. The van der Waals surface area contributed by atoms with Crippen molar-refractivity contribution in [1.82, 2.24) is 0 Å². The number of nitrogens with zero attached hydrogens (tertiary/aromatic N) is 2. The fraction of sp³-hybridized carbons (Fsp3) is 0.909. The first-order valence-electron chi connectivity index (χ1n) is 6.80. The Bertz CT molecular complexity index is 356. The minimum Gasteiger partial charge on any atom is -0.374 e. The van der Waals surface area contributed by atoms with Crippen molar-refractivity contribution in [3.63, 3.8) is 0 Å². The van der Waals surface area contributed by atoms with Crippen LogP contribution >= 0.6 is 0 Å². The quantitative estimate of drug-likeness (QED) is 0.181. The van der Waals surface area contributed by atoms with Gasteiger partial charge >= 0.3 is 0 Å². The van der Waals surface area contributed by atoms with Gasteiger partial charge in [0.05, 0.1) is 0 Å². The molecular formula is C11H17N2O10-. The van der Waals surface area contributed by atoms with E-state index >= 15 is 0 Å². The van der Waals surface area contributed by atoms with Gasteiger partial charge < -0.3 is 28.4 Å². The molecule has 2 fully saturated rings. The summed E-state index contributed by atoms with van der Waals surface area (Å²) < 4.78 is 30.7. The second-order valence-corrected chi connectivity index (χ2v) is 4.77. The van der Waals surface area contributed by atoms with E-state index in [-0.39, 0.29) is 52.5 Å². The first kappa shape index (κ1) is 17.8. The van der Waals surface area contributed by atoms with Crippen LogP contribution in [0, 0.1) is 26.3 Å². The molecule has 0 radical (unpaired) electrons. The van der Waals surface area contributed by atoms with Gasteiger partial charge in [-0.05, 0) is 0 Å². The van der Waals surface area contributed by atoms with Crippen molar-refractivity contribution in [1.29, 1.82) is 0 Å². The third kappa shape index (κ3) is 5.85. The van der Waals surface area contributed by atoms with E-state index < -0.39 is 28.5 Å². The molecule has 2 saturated heterocycles. The van der Waals surface area contributed by atoms with Crippen molar-refractivity contribution >= 4 is 0 Å². The number of hydrogen-bond donors (Lipinski definition) is 0. The highest BCUT2D eigenvalue weighted by Crippen LogP contribution is 2.13. The lowest BCUT2D eigenvalue weighted by atomic mass is 10.3. The molecule has 2 aliphatic heterocycles. The summed E-state index contributed by atoms with van der Waals surface area (Å²) in [5, 5.41) is 21.0. The van der Waals surface area contributed by atoms with E-state index in [9.17, 15) is 20.2 Å². The molecule has 0 aromatic carbocycles. The predicted molar refractivity (Wildman–Crippen MR) is 69.2 cm³/mol. The molecule has 2 heterocycles. The van der Waals surface area contributed by atoms with Crippen LogP contribution in [0.15, 0.2) is 0 Å². The van der Waals surface area contributed by atoms with E-state index in [1.807, 2.05) is 0 Å². The minimum absolute atomic E-state index is 0.0269. The molecule has 12 nitrogen and oxygen atoms in total. The molecule has 0 bridgehead atoms. The van der Waals surface area contributed by atoms with Crippen molar-refractivity contribution < 1.29 is 38.3 Å². The molecule has 0 unspecified atom stereocenters. The minimum atomic E-state index is -0.857. The molecule has 2 rings (SSSR count). The van der Waals surface area contributed by atoms with E-state index in [1.54, 1.807) is 0 Å². The van der Waals surface area contributed by atoms with Crippen molar-refractivity contribution in [2.45, 2.75) is 18.6 Å². The van der Waals surface area contributed by atoms with E-state index in [2.05, 4.69) is 0 Å². The Morgan fingerprint density at radius 2 is 1.48 bits per heavy atom. The van der Waals surface area contributed by atoms with E-state index in [0.29, 0.717) is 0 Å². The number of nitro groups is 2. The highest BCUT2D eigenvalue weighted by atomic mass is 16.7. The number of hydrogen-bond acceptors (Lipinski definition) is 10. The third-order valence-electron chi connectivity index (χ3n) is 3.05. The van der Waals surface area contributed by atoms with Crippen LogP contribution in [-0.4, -0.2) is 74.9 Å². The van der Waals surface area contributed by atoms with Crippen LogP contribution in [0.5, 0.6) is 0 Å². The zero-order valence-corrected chi connectivity index (χ0v) is 12.2. The number of ether oxygens (including phenoxy) is 6. The molecule has 0 spiro atoms. The van der Waals surface area contributed by atoms with Crippen LogP contribution in [-0.2, 0) is 28.4 Å². The molecular weight excluding hydrogens is 320 g/mol. The van der Waals surface area contributed by atoms with Crippen LogP contribution < -0.4 is 0 Å². The average Bonchev–Trinajstić information content (AvgIpc) is 2.55. The Morgan fingerprint density at radius 3 is 1.96 bits per heavy atom. The molecule has 0 atom stereocenters. The van der Waals surface area contributed by atoms with Crippen molar-refractivity contribution in [2.24, 2.45) is 0 Å². The zero-order chi connectivity index (χ0) is 16.7. The average molecular weight is 337 g/mol. The maximum atomic E-state index is 10.5. The fourth-order valence-electron chi connectivity index (χ4n) is 1.77. The first-order chi connectivity index (χ1) is 11.1. The van der Waals surface area contributed by atoms with Crippen LogP contribution in [0.2, 0.25) is 0 Å². The Kier molecular flexibility index (Phi) is 6.88. The Morgan fingerprint density at radius 1 is 0.957 bits per heavy atom. The largest absolute Gasteiger partial charge is 0.374 e. The van der Waals surface area contributed by atoms with E-state index in [4.69, 9.17) is 28.4 Å². The van der Waals surface area contributed by atoms with E-state index in [1.165, 1.54) is 0 Å². The molecule has 132 valence electrons. The molecule has 0 aromatic heterocycles. The monoisotopic (exact) mass is 337 g/mol. The van der Waals surface area contributed by atoms with Gasteiger partial charge in [0.25, 0.3) is 6.04 Å². The Hall–Kier alpha value is -1.57. The van der Waals surface area contributed by atoms with Crippen LogP contribution in [0.1, 0.15) is 0 Å². The lowest BCUT2D eigenvalue weighted by Gasteiger charge is -2.32. The topological polar surface area (TPSA) is 142 Å². The highest BCUT2D eigenvalue weighted by molar-refractivity contribution is 4.79. The fourth-order valence-corrected chi connectivity index (χ4v) is 1.77. The van der Waals surface area contributed by atoms with Crippen LogP contribution in [0.3, 0.4) is 0 Å². The van der Waals surface area contributed by atoms with Gasteiger partial charge in [-0.15, -0.1) is 4.92 Å². The SMILES string of the molecule is O=[N+]([O-])[C-]1COC(COCOCC2OCC([N+](=O)[O-])CO2)OC1. The van der Waals surface area contributed by atoms with Gasteiger partial charge in [0.15, 0.2) is 12.6 Å². The van der Waals surface area contributed by atoms with E-state index in [0.717, 1.165) is 0 Å². The molecule has 2 aliphatic rings. The van der Waals surface area contributed by atoms with Crippen LogP contribution in [0.4, 0.5) is 0 Å². The Balaban J connectivity index is 1.47. The normalized spacial score (nSPS) is 26.2. The number of rotatable bonds is 8. The molecule has 12 heteroatoms.